The van der Waals surface area contributed by atoms with Gasteiger partial charge in [0.1, 0.15) is 0 Å². The zero-order valence-electron chi connectivity index (χ0n) is 12.3. The van der Waals surface area contributed by atoms with E-state index in [1.807, 2.05) is 20.8 Å². The minimum absolute atomic E-state index is 0.182. The highest BCUT2D eigenvalue weighted by molar-refractivity contribution is 6.62. The summed E-state index contributed by atoms with van der Waals surface area (Å²) in [6, 6.07) is 0. The van der Waals surface area contributed by atoms with Crippen molar-refractivity contribution in [3.63, 3.8) is 0 Å². The largest absolute Gasteiger partial charge is 0.518 e. The third kappa shape index (κ3) is 5.77. The predicted octanol–water partition coefficient (Wildman–Crippen LogP) is 1.28. The number of rotatable bonds is 11. The van der Waals surface area contributed by atoms with E-state index in [0.717, 1.165) is 12.8 Å². The maximum absolute atomic E-state index is 6.29. The normalized spacial score (nSPS) is 15.7. The minimum atomic E-state index is -2.75. The lowest BCUT2D eigenvalue weighted by atomic mass is 10.0. The van der Waals surface area contributed by atoms with E-state index in [4.69, 9.17) is 24.7 Å². The summed E-state index contributed by atoms with van der Waals surface area (Å²) in [6.45, 7) is 10.3. The zero-order valence-corrected chi connectivity index (χ0v) is 13.3. The van der Waals surface area contributed by atoms with Crippen molar-refractivity contribution in [3.05, 3.63) is 0 Å². The van der Waals surface area contributed by atoms with Crippen LogP contribution in [0.1, 0.15) is 40.5 Å². The van der Waals surface area contributed by atoms with E-state index in [1.165, 1.54) is 0 Å². The van der Waals surface area contributed by atoms with Gasteiger partial charge in [-0.2, -0.15) is 0 Å². The summed E-state index contributed by atoms with van der Waals surface area (Å²) >= 11 is 0. The van der Waals surface area contributed by atoms with Crippen LogP contribution in [0.25, 0.3) is 0 Å². The molecule has 0 saturated carbocycles. The lowest BCUT2D eigenvalue weighted by Crippen LogP contribution is -2.61. The Morgan fingerprint density at radius 1 is 1.00 bits per heavy atom. The van der Waals surface area contributed by atoms with Crippen molar-refractivity contribution < 1.29 is 13.3 Å². The van der Waals surface area contributed by atoms with Gasteiger partial charge < -0.3 is 24.7 Å². The van der Waals surface area contributed by atoms with Crippen LogP contribution >= 0.6 is 0 Å². The van der Waals surface area contributed by atoms with Crippen LogP contribution in [0.2, 0.25) is 0 Å². The third-order valence-electron chi connectivity index (χ3n) is 2.81. The van der Waals surface area contributed by atoms with Crippen LogP contribution in [0, 0.1) is 5.92 Å². The van der Waals surface area contributed by atoms with Crippen LogP contribution in [-0.4, -0.2) is 40.8 Å². The Labute approximate surface area is 113 Å². The lowest BCUT2D eigenvalue weighted by molar-refractivity contribution is 0.0596. The van der Waals surface area contributed by atoms with Gasteiger partial charge in [-0.1, -0.05) is 6.92 Å². The van der Waals surface area contributed by atoms with Gasteiger partial charge in [0.2, 0.25) is 0 Å². The van der Waals surface area contributed by atoms with Gasteiger partial charge in [0.25, 0.3) is 0 Å². The molecular formula is C12H30N2O3Si. The Kier molecular flexibility index (Phi) is 9.89. The molecule has 0 aromatic carbocycles. The second-order valence-corrected chi connectivity index (χ2v) is 7.24. The molecule has 0 rings (SSSR count). The van der Waals surface area contributed by atoms with Crippen molar-refractivity contribution in [1.82, 2.24) is 0 Å². The quantitative estimate of drug-likeness (QED) is 0.557. The van der Waals surface area contributed by atoms with Crippen molar-refractivity contribution in [1.29, 1.82) is 0 Å². The van der Waals surface area contributed by atoms with Gasteiger partial charge in [-0.25, -0.2) is 0 Å². The first-order valence-corrected chi connectivity index (χ1v) is 8.73. The monoisotopic (exact) mass is 278 g/mol. The van der Waals surface area contributed by atoms with Crippen molar-refractivity contribution in [2.45, 2.75) is 46.2 Å². The Hall–Kier alpha value is 0.0169. The van der Waals surface area contributed by atoms with Gasteiger partial charge in [0.05, 0.1) is 5.67 Å². The second kappa shape index (κ2) is 9.88. The average molecular weight is 278 g/mol. The van der Waals surface area contributed by atoms with E-state index in [1.54, 1.807) is 0 Å². The standard InChI is InChI=1S/C12H30N2O3Si/c1-5-15-18(16-6-2,17-7-3)12(14)10-11(4)8-9-13/h11-12H,5-10,13-14H2,1-4H3. The van der Waals surface area contributed by atoms with Crippen LogP contribution < -0.4 is 11.5 Å². The highest BCUT2D eigenvalue weighted by Crippen LogP contribution is 2.20. The molecule has 18 heavy (non-hydrogen) atoms. The second-order valence-electron chi connectivity index (χ2n) is 4.43. The Morgan fingerprint density at radius 2 is 1.44 bits per heavy atom. The van der Waals surface area contributed by atoms with E-state index in [-0.39, 0.29) is 5.67 Å². The average Bonchev–Trinajstić information content (AvgIpc) is 2.30. The third-order valence-corrected chi connectivity index (χ3v) is 6.02. The van der Waals surface area contributed by atoms with Gasteiger partial charge in [-0.05, 0) is 46.1 Å². The first-order valence-electron chi connectivity index (χ1n) is 6.93. The molecule has 0 saturated heterocycles. The van der Waals surface area contributed by atoms with Gasteiger partial charge >= 0.3 is 8.80 Å². The van der Waals surface area contributed by atoms with Gasteiger partial charge in [-0.15, -0.1) is 0 Å². The molecule has 0 fully saturated rings. The van der Waals surface area contributed by atoms with Crippen molar-refractivity contribution in [2.24, 2.45) is 17.4 Å². The molecule has 0 aliphatic heterocycles. The summed E-state index contributed by atoms with van der Waals surface area (Å²) in [5, 5.41) is 0. The van der Waals surface area contributed by atoms with Gasteiger partial charge in [-0.3, -0.25) is 0 Å². The minimum Gasteiger partial charge on any atom is -0.373 e. The molecule has 0 amide bonds. The zero-order chi connectivity index (χ0) is 14.0. The molecule has 0 aliphatic carbocycles. The van der Waals surface area contributed by atoms with Crippen molar-refractivity contribution in [3.8, 4) is 0 Å². The van der Waals surface area contributed by atoms with Gasteiger partial charge in [0, 0.05) is 19.8 Å². The lowest BCUT2D eigenvalue weighted by Gasteiger charge is -2.34. The first kappa shape index (κ1) is 18.0. The van der Waals surface area contributed by atoms with Crippen LogP contribution in [0.3, 0.4) is 0 Å². The summed E-state index contributed by atoms with van der Waals surface area (Å²) in [5.41, 5.74) is 11.7. The van der Waals surface area contributed by atoms with E-state index in [9.17, 15) is 0 Å². The van der Waals surface area contributed by atoms with Crippen LogP contribution in [-0.2, 0) is 13.3 Å². The number of hydrogen-bond donors (Lipinski definition) is 2. The fourth-order valence-electron chi connectivity index (χ4n) is 2.03. The smallest absolute Gasteiger partial charge is 0.373 e. The molecule has 2 atom stereocenters. The van der Waals surface area contributed by atoms with Gasteiger partial charge in [0.15, 0.2) is 0 Å². The number of nitrogens with two attached hydrogens (primary N) is 2. The topological polar surface area (TPSA) is 79.7 Å². The molecule has 0 bridgehead atoms. The van der Waals surface area contributed by atoms with E-state index >= 15 is 0 Å². The molecule has 6 heteroatoms. The van der Waals surface area contributed by atoms with Crippen molar-refractivity contribution >= 4 is 8.80 Å². The van der Waals surface area contributed by atoms with Crippen molar-refractivity contribution in [2.75, 3.05) is 26.4 Å². The molecule has 2 unspecified atom stereocenters. The maximum Gasteiger partial charge on any atom is 0.518 e. The summed E-state index contributed by atoms with van der Waals surface area (Å²) in [5.74, 6) is 0.457. The molecule has 0 aromatic heterocycles. The molecule has 5 nitrogen and oxygen atoms in total. The SMILES string of the molecule is CCO[Si](OCC)(OCC)C(N)CC(C)CCN. The summed E-state index contributed by atoms with van der Waals surface area (Å²) in [7, 11) is -2.75. The Balaban J connectivity index is 4.67. The van der Waals surface area contributed by atoms with Crippen LogP contribution in [0.5, 0.6) is 0 Å². The number of hydrogen-bond acceptors (Lipinski definition) is 5. The molecule has 0 spiro atoms. The molecule has 0 aromatic rings. The molecular weight excluding hydrogens is 248 g/mol. The Bertz CT molecular complexity index is 191. The summed E-state index contributed by atoms with van der Waals surface area (Å²) in [6.07, 6.45) is 1.78. The fraction of sp³-hybridized carbons (Fsp3) is 1.00. The molecule has 110 valence electrons. The van der Waals surface area contributed by atoms with Crippen LogP contribution in [0.15, 0.2) is 0 Å². The summed E-state index contributed by atoms with van der Waals surface area (Å²) < 4.78 is 17.4. The highest BCUT2D eigenvalue weighted by atomic mass is 28.4. The van der Waals surface area contributed by atoms with E-state index in [0.29, 0.717) is 32.3 Å². The van der Waals surface area contributed by atoms with E-state index < -0.39 is 8.80 Å². The van der Waals surface area contributed by atoms with Crippen LogP contribution in [0.4, 0.5) is 0 Å². The highest BCUT2D eigenvalue weighted by Gasteiger charge is 2.47. The van der Waals surface area contributed by atoms with E-state index in [2.05, 4.69) is 6.92 Å². The Morgan fingerprint density at radius 3 is 1.78 bits per heavy atom. The molecule has 0 radical (unpaired) electrons. The fourth-order valence-corrected chi connectivity index (χ4v) is 4.82. The molecule has 0 aliphatic rings. The maximum atomic E-state index is 6.29. The molecule has 0 heterocycles. The first-order chi connectivity index (χ1) is 8.56. The summed E-state index contributed by atoms with van der Waals surface area (Å²) in [4.78, 5) is 0. The predicted molar refractivity (Wildman–Crippen MR) is 76.1 cm³/mol. The molecule has 4 N–H and O–H groups in total.